The summed E-state index contributed by atoms with van der Waals surface area (Å²) in [5, 5.41) is 5.51. The van der Waals surface area contributed by atoms with Crippen LogP contribution < -0.4 is 10.6 Å². The number of benzene rings is 3. The fourth-order valence-electron chi connectivity index (χ4n) is 2.78. The first-order valence-corrected chi connectivity index (χ1v) is 9.11. The Morgan fingerprint density at radius 2 is 1.46 bits per heavy atom. The van der Waals surface area contributed by atoms with Crippen molar-refractivity contribution in [1.82, 2.24) is 5.32 Å². The van der Waals surface area contributed by atoms with Crippen molar-refractivity contribution in [3.63, 3.8) is 0 Å². The summed E-state index contributed by atoms with van der Waals surface area (Å²) in [6.07, 6.45) is 1.75. The minimum absolute atomic E-state index is 0.176. The van der Waals surface area contributed by atoms with Gasteiger partial charge in [0.2, 0.25) is 0 Å². The van der Waals surface area contributed by atoms with E-state index in [0.717, 1.165) is 12.8 Å². The average Bonchev–Trinajstić information content (AvgIpc) is 2.72. The zero-order chi connectivity index (χ0) is 19.8. The van der Waals surface area contributed by atoms with Gasteiger partial charge in [0, 0.05) is 23.4 Å². The highest BCUT2D eigenvalue weighted by Gasteiger charge is 2.09. The number of nitrogens with one attached hydrogen (secondary N) is 2. The third-order valence-corrected chi connectivity index (χ3v) is 4.26. The van der Waals surface area contributed by atoms with Crippen LogP contribution in [0.5, 0.6) is 0 Å². The van der Waals surface area contributed by atoms with Crippen LogP contribution in [0.4, 0.5) is 10.1 Å². The molecule has 0 fully saturated rings. The van der Waals surface area contributed by atoms with Gasteiger partial charge in [-0.2, -0.15) is 0 Å². The van der Waals surface area contributed by atoms with E-state index in [4.69, 9.17) is 0 Å². The van der Waals surface area contributed by atoms with Gasteiger partial charge in [0.15, 0.2) is 0 Å². The summed E-state index contributed by atoms with van der Waals surface area (Å²) in [5.74, 6) is -0.956. The average molecular weight is 376 g/mol. The Labute approximate surface area is 163 Å². The Morgan fingerprint density at radius 1 is 0.786 bits per heavy atom. The third-order valence-electron chi connectivity index (χ3n) is 4.26. The minimum Gasteiger partial charge on any atom is -0.352 e. The highest BCUT2D eigenvalue weighted by molar-refractivity contribution is 6.05. The molecule has 0 atom stereocenters. The van der Waals surface area contributed by atoms with Crippen molar-refractivity contribution in [2.45, 2.75) is 12.8 Å². The van der Waals surface area contributed by atoms with Crippen LogP contribution in [0, 0.1) is 5.82 Å². The summed E-state index contributed by atoms with van der Waals surface area (Å²) in [7, 11) is 0. The van der Waals surface area contributed by atoms with Crippen LogP contribution >= 0.6 is 0 Å². The summed E-state index contributed by atoms with van der Waals surface area (Å²) in [6.45, 7) is 0.579. The SMILES string of the molecule is O=C(NCCCc1ccccc1)c1ccc(C(=O)Nc2cccc(F)c2)cc1. The lowest BCUT2D eigenvalue weighted by Gasteiger charge is -2.08. The minimum atomic E-state index is -0.419. The van der Waals surface area contributed by atoms with Gasteiger partial charge in [0.25, 0.3) is 11.8 Å². The highest BCUT2D eigenvalue weighted by Crippen LogP contribution is 2.12. The quantitative estimate of drug-likeness (QED) is 0.599. The molecule has 3 aromatic carbocycles. The van der Waals surface area contributed by atoms with Gasteiger partial charge in [0.05, 0.1) is 0 Å². The Hall–Kier alpha value is -3.47. The van der Waals surface area contributed by atoms with E-state index in [1.54, 1.807) is 30.3 Å². The molecule has 0 aliphatic rings. The van der Waals surface area contributed by atoms with Crippen molar-refractivity contribution < 1.29 is 14.0 Å². The molecule has 0 radical (unpaired) electrons. The van der Waals surface area contributed by atoms with Crippen LogP contribution in [0.3, 0.4) is 0 Å². The predicted molar refractivity (Wildman–Crippen MR) is 108 cm³/mol. The lowest BCUT2D eigenvalue weighted by atomic mass is 10.1. The smallest absolute Gasteiger partial charge is 0.255 e. The number of anilines is 1. The fraction of sp³-hybridized carbons (Fsp3) is 0.130. The second kappa shape index (κ2) is 9.46. The first-order chi connectivity index (χ1) is 13.6. The maximum atomic E-state index is 13.2. The molecule has 0 saturated carbocycles. The summed E-state index contributed by atoms with van der Waals surface area (Å²) in [5.41, 5.74) is 2.50. The molecule has 0 unspecified atom stereocenters. The van der Waals surface area contributed by atoms with E-state index in [2.05, 4.69) is 22.8 Å². The fourth-order valence-corrected chi connectivity index (χ4v) is 2.78. The van der Waals surface area contributed by atoms with E-state index >= 15 is 0 Å². The van der Waals surface area contributed by atoms with Crippen molar-refractivity contribution >= 4 is 17.5 Å². The molecular weight excluding hydrogens is 355 g/mol. The van der Waals surface area contributed by atoms with Gasteiger partial charge >= 0.3 is 0 Å². The zero-order valence-electron chi connectivity index (χ0n) is 15.3. The van der Waals surface area contributed by atoms with Gasteiger partial charge in [0.1, 0.15) is 5.82 Å². The molecule has 0 aliphatic heterocycles. The van der Waals surface area contributed by atoms with E-state index in [1.165, 1.54) is 23.8 Å². The molecule has 4 nitrogen and oxygen atoms in total. The van der Waals surface area contributed by atoms with Crippen LogP contribution in [0.2, 0.25) is 0 Å². The second-order valence-corrected chi connectivity index (χ2v) is 6.39. The van der Waals surface area contributed by atoms with E-state index in [0.29, 0.717) is 23.4 Å². The standard InChI is InChI=1S/C23H21FN2O2/c24-20-9-4-10-21(16-20)26-23(28)19-13-11-18(12-14-19)22(27)25-15-5-8-17-6-2-1-3-7-17/h1-4,6-7,9-14,16H,5,8,15H2,(H,25,27)(H,26,28). The van der Waals surface area contributed by atoms with Gasteiger partial charge in [-0.3, -0.25) is 9.59 Å². The normalized spacial score (nSPS) is 10.3. The van der Waals surface area contributed by atoms with E-state index in [9.17, 15) is 14.0 Å². The van der Waals surface area contributed by atoms with Crippen molar-refractivity contribution in [1.29, 1.82) is 0 Å². The monoisotopic (exact) mass is 376 g/mol. The van der Waals surface area contributed by atoms with Crippen molar-refractivity contribution in [3.05, 3.63) is 101 Å². The molecule has 0 spiro atoms. The molecule has 28 heavy (non-hydrogen) atoms. The topological polar surface area (TPSA) is 58.2 Å². The number of amides is 2. The van der Waals surface area contributed by atoms with Gasteiger partial charge in [-0.25, -0.2) is 4.39 Å². The summed E-state index contributed by atoms with van der Waals surface area (Å²) < 4.78 is 13.2. The second-order valence-electron chi connectivity index (χ2n) is 6.39. The third kappa shape index (κ3) is 5.51. The molecule has 0 heterocycles. The number of rotatable bonds is 7. The lowest BCUT2D eigenvalue weighted by Crippen LogP contribution is -2.24. The first kappa shape index (κ1) is 19.3. The Balaban J connectivity index is 1.49. The number of carbonyl (C=O) groups is 2. The molecule has 0 aliphatic carbocycles. The summed E-state index contributed by atoms with van der Waals surface area (Å²) in [6, 6.07) is 22.2. The zero-order valence-corrected chi connectivity index (χ0v) is 15.3. The molecule has 3 rings (SSSR count). The van der Waals surface area contributed by atoms with E-state index < -0.39 is 5.82 Å². The summed E-state index contributed by atoms with van der Waals surface area (Å²) in [4.78, 5) is 24.4. The number of hydrogen-bond acceptors (Lipinski definition) is 2. The number of carbonyl (C=O) groups excluding carboxylic acids is 2. The molecule has 0 bridgehead atoms. The van der Waals surface area contributed by atoms with Crippen LogP contribution in [0.1, 0.15) is 32.7 Å². The first-order valence-electron chi connectivity index (χ1n) is 9.11. The van der Waals surface area contributed by atoms with E-state index in [-0.39, 0.29) is 11.8 Å². The number of hydrogen-bond donors (Lipinski definition) is 2. The van der Waals surface area contributed by atoms with Crippen molar-refractivity contribution in [3.8, 4) is 0 Å². The molecule has 0 aromatic heterocycles. The van der Waals surface area contributed by atoms with Crippen molar-refractivity contribution in [2.75, 3.05) is 11.9 Å². The summed E-state index contributed by atoms with van der Waals surface area (Å²) >= 11 is 0. The molecule has 0 saturated heterocycles. The highest BCUT2D eigenvalue weighted by atomic mass is 19.1. The van der Waals surface area contributed by atoms with Gasteiger partial charge in [-0.15, -0.1) is 0 Å². The molecule has 142 valence electrons. The van der Waals surface area contributed by atoms with Gasteiger partial charge < -0.3 is 10.6 Å². The molecule has 2 N–H and O–H groups in total. The van der Waals surface area contributed by atoms with Crippen LogP contribution in [0.25, 0.3) is 0 Å². The Kier molecular flexibility index (Phi) is 6.52. The van der Waals surface area contributed by atoms with Gasteiger partial charge in [-0.1, -0.05) is 36.4 Å². The van der Waals surface area contributed by atoms with Crippen molar-refractivity contribution in [2.24, 2.45) is 0 Å². The largest absolute Gasteiger partial charge is 0.352 e. The maximum Gasteiger partial charge on any atom is 0.255 e. The van der Waals surface area contributed by atoms with Crippen LogP contribution in [-0.4, -0.2) is 18.4 Å². The van der Waals surface area contributed by atoms with Crippen LogP contribution in [0.15, 0.2) is 78.9 Å². The molecule has 5 heteroatoms. The Morgan fingerprint density at radius 3 is 2.14 bits per heavy atom. The maximum absolute atomic E-state index is 13.2. The van der Waals surface area contributed by atoms with Gasteiger partial charge in [-0.05, 0) is 60.9 Å². The lowest BCUT2D eigenvalue weighted by molar-refractivity contribution is 0.0951. The number of halogens is 1. The molecule has 2 amide bonds. The van der Waals surface area contributed by atoms with E-state index in [1.807, 2.05) is 18.2 Å². The Bertz CT molecular complexity index is 940. The number of aryl methyl sites for hydroxylation is 1. The van der Waals surface area contributed by atoms with Crippen LogP contribution in [-0.2, 0) is 6.42 Å². The predicted octanol–water partition coefficient (Wildman–Crippen LogP) is 4.44. The molecular formula is C23H21FN2O2. The molecule has 3 aromatic rings.